The molecule has 0 radical (unpaired) electrons. The minimum atomic E-state index is 0.119. The summed E-state index contributed by atoms with van der Waals surface area (Å²) in [5.74, 6) is 0. The first-order valence-electron chi connectivity index (χ1n) is 3.05. The van der Waals surface area contributed by atoms with Crippen molar-refractivity contribution >= 4 is 34.8 Å². The van der Waals surface area contributed by atoms with Crippen LogP contribution in [0.5, 0.6) is 0 Å². The summed E-state index contributed by atoms with van der Waals surface area (Å²) in [6.07, 6.45) is 5.74. The number of allylic oxidation sites excluding steroid dienone is 3. The average molecular weight is 200 g/mol. The van der Waals surface area contributed by atoms with E-state index >= 15 is 0 Å². The van der Waals surface area contributed by atoms with Gasteiger partial charge in [-0.25, -0.2) is 0 Å². The average Bonchev–Trinajstić information content (AvgIpc) is 1.88. The predicted molar refractivity (Wildman–Crippen MR) is 48.6 cm³/mol. The molecule has 0 N–H and O–H groups in total. The fraction of sp³-hybridized carbons (Fsp3) is 0.429. The maximum absolute atomic E-state index is 5.58. The van der Waals surface area contributed by atoms with E-state index in [1.807, 2.05) is 6.08 Å². The third-order valence-corrected chi connectivity index (χ3v) is 1.82. The highest BCUT2D eigenvalue weighted by atomic mass is 35.5. The van der Waals surface area contributed by atoms with Crippen LogP contribution < -0.4 is 0 Å². The lowest BCUT2D eigenvalue weighted by atomic mass is 10.3. The van der Waals surface area contributed by atoms with Crippen LogP contribution in [0.4, 0.5) is 0 Å². The Morgan fingerprint density at radius 2 is 1.90 bits per heavy atom. The zero-order valence-corrected chi connectivity index (χ0v) is 7.97. The van der Waals surface area contributed by atoms with Crippen LogP contribution in [-0.2, 0) is 0 Å². The molecule has 0 amide bonds. The first kappa shape index (κ1) is 10.3. The summed E-state index contributed by atoms with van der Waals surface area (Å²) in [5, 5.41) is 0.400. The van der Waals surface area contributed by atoms with E-state index in [4.69, 9.17) is 34.8 Å². The molecule has 0 aromatic rings. The summed E-state index contributed by atoms with van der Waals surface area (Å²) < 4.78 is 0.119. The van der Waals surface area contributed by atoms with E-state index in [-0.39, 0.29) is 4.49 Å². The summed E-state index contributed by atoms with van der Waals surface area (Å²) in [6.45, 7) is 2.09. The summed E-state index contributed by atoms with van der Waals surface area (Å²) in [6, 6.07) is 0. The standard InChI is InChI=1S/C7H9Cl3/c1-2-3-4-5-6(8)7(9)10/h4-5H,2-3H2,1H3/b5-4+. The molecule has 0 aliphatic rings. The molecule has 3 heteroatoms. The fourth-order valence-electron chi connectivity index (χ4n) is 0.416. The first-order chi connectivity index (χ1) is 4.68. The highest BCUT2D eigenvalue weighted by Gasteiger charge is 1.90. The largest absolute Gasteiger partial charge is 0.125 e. The monoisotopic (exact) mass is 198 g/mol. The van der Waals surface area contributed by atoms with Crippen molar-refractivity contribution in [3.05, 3.63) is 21.7 Å². The van der Waals surface area contributed by atoms with Gasteiger partial charge in [0.25, 0.3) is 0 Å². The number of hydrogen-bond donors (Lipinski definition) is 0. The van der Waals surface area contributed by atoms with E-state index in [0.29, 0.717) is 5.03 Å². The van der Waals surface area contributed by atoms with Crippen molar-refractivity contribution in [3.8, 4) is 0 Å². The molecule has 0 saturated carbocycles. The van der Waals surface area contributed by atoms with Gasteiger partial charge in [-0.2, -0.15) is 0 Å². The fourth-order valence-corrected chi connectivity index (χ4v) is 0.632. The summed E-state index contributed by atoms with van der Waals surface area (Å²) in [5.41, 5.74) is 0. The van der Waals surface area contributed by atoms with Gasteiger partial charge in [-0.15, -0.1) is 0 Å². The lowest BCUT2D eigenvalue weighted by Gasteiger charge is -1.87. The second-order valence-corrected chi connectivity index (χ2v) is 3.16. The predicted octanol–water partition coefficient (Wildman–Crippen LogP) is 4.23. The van der Waals surface area contributed by atoms with Gasteiger partial charge in [-0.05, 0) is 12.5 Å². The van der Waals surface area contributed by atoms with Crippen LogP contribution in [-0.4, -0.2) is 0 Å². The van der Waals surface area contributed by atoms with Crippen molar-refractivity contribution in [2.75, 3.05) is 0 Å². The van der Waals surface area contributed by atoms with Crippen LogP contribution in [0.15, 0.2) is 21.7 Å². The molecule has 0 bridgehead atoms. The van der Waals surface area contributed by atoms with Crippen molar-refractivity contribution in [2.45, 2.75) is 19.8 Å². The molecule has 0 aromatic carbocycles. The Kier molecular flexibility index (Phi) is 6.30. The Morgan fingerprint density at radius 1 is 1.30 bits per heavy atom. The molecule has 0 spiro atoms. The number of rotatable bonds is 3. The lowest BCUT2D eigenvalue weighted by molar-refractivity contribution is 0.958. The number of hydrogen-bond acceptors (Lipinski definition) is 0. The molecule has 0 saturated heterocycles. The maximum Gasteiger partial charge on any atom is 0.125 e. The van der Waals surface area contributed by atoms with Gasteiger partial charge in [0.1, 0.15) is 4.49 Å². The van der Waals surface area contributed by atoms with Gasteiger partial charge in [0.15, 0.2) is 0 Å². The van der Waals surface area contributed by atoms with E-state index in [9.17, 15) is 0 Å². The highest BCUT2D eigenvalue weighted by Crippen LogP contribution is 2.18. The van der Waals surface area contributed by atoms with E-state index in [1.54, 1.807) is 6.08 Å². The third-order valence-electron chi connectivity index (χ3n) is 0.900. The second-order valence-electron chi connectivity index (χ2n) is 1.80. The maximum atomic E-state index is 5.58. The SMILES string of the molecule is CCC/C=C/C(Cl)=C(Cl)Cl. The van der Waals surface area contributed by atoms with Crippen LogP contribution in [0, 0.1) is 0 Å². The molecule has 0 atom stereocenters. The van der Waals surface area contributed by atoms with Gasteiger partial charge < -0.3 is 0 Å². The molecule has 58 valence electrons. The number of halogens is 3. The molecule has 0 nitrogen and oxygen atoms in total. The molecular formula is C7H9Cl3. The summed E-state index contributed by atoms with van der Waals surface area (Å²) >= 11 is 16.3. The van der Waals surface area contributed by atoms with Crippen molar-refractivity contribution in [2.24, 2.45) is 0 Å². The molecule has 10 heavy (non-hydrogen) atoms. The third kappa shape index (κ3) is 5.16. The normalized spacial score (nSPS) is 10.4. The summed E-state index contributed by atoms with van der Waals surface area (Å²) in [4.78, 5) is 0. The van der Waals surface area contributed by atoms with Gasteiger partial charge in [-0.3, -0.25) is 0 Å². The van der Waals surface area contributed by atoms with Crippen LogP contribution >= 0.6 is 34.8 Å². The van der Waals surface area contributed by atoms with Crippen LogP contribution in [0.25, 0.3) is 0 Å². The van der Waals surface area contributed by atoms with Gasteiger partial charge >= 0.3 is 0 Å². The Hall–Kier alpha value is 0.350. The first-order valence-corrected chi connectivity index (χ1v) is 4.19. The molecule has 0 aliphatic carbocycles. The Bertz CT molecular complexity index is 143. The zero-order valence-electron chi connectivity index (χ0n) is 5.70. The molecule has 0 aliphatic heterocycles. The molecule has 0 fully saturated rings. The van der Waals surface area contributed by atoms with E-state index < -0.39 is 0 Å². The minimum Gasteiger partial charge on any atom is -0.0830 e. The number of unbranched alkanes of at least 4 members (excludes halogenated alkanes) is 1. The molecule has 0 rings (SSSR count). The molecule has 0 heterocycles. The molecular weight excluding hydrogens is 190 g/mol. The van der Waals surface area contributed by atoms with Crippen molar-refractivity contribution in [1.82, 2.24) is 0 Å². The quantitative estimate of drug-likeness (QED) is 0.597. The molecule has 0 aromatic heterocycles. The molecule has 0 unspecified atom stereocenters. The summed E-state index contributed by atoms with van der Waals surface area (Å²) in [7, 11) is 0. The van der Waals surface area contributed by atoms with Gasteiger partial charge in [0.2, 0.25) is 0 Å². The topological polar surface area (TPSA) is 0 Å². The van der Waals surface area contributed by atoms with Gasteiger partial charge in [-0.1, -0.05) is 54.2 Å². The Balaban J connectivity index is 3.78. The highest BCUT2D eigenvalue weighted by molar-refractivity contribution is 6.59. The van der Waals surface area contributed by atoms with E-state index in [0.717, 1.165) is 12.8 Å². The smallest absolute Gasteiger partial charge is 0.0830 e. The Labute approximate surface area is 76.5 Å². The van der Waals surface area contributed by atoms with Crippen LogP contribution in [0.1, 0.15) is 19.8 Å². The van der Waals surface area contributed by atoms with Gasteiger partial charge in [0, 0.05) is 0 Å². The van der Waals surface area contributed by atoms with Crippen LogP contribution in [0.2, 0.25) is 0 Å². The van der Waals surface area contributed by atoms with E-state index in [2.05, 4.69) is 6.92 Å². The van der Waals surface area contributed by atoms with E-state index in [1.165, 1.54) is 0 Å². The van der Waals surface area contributed by atoms with Crippen molar-refractivity contribution < 1.29 is 0 Å². The Morgan fingerprint density at radius 3 is 2.30 bits per heavy atom. The minimum absolute atomic E-state index is 0.119. The van der Waals surface area contributed by atoms with Crippen LogP contribution in [0.3, 0.4) is 0 Å². The van der Waals surface area contributed by atoms with Crippen molar-refractivity contribution in [1.29, 1.82) is 0 Å². The second kappa shape index (κ2) is 6.09. The van der Waals surface area contributed by atoms with Crippen molar-refractivity contribution in [3.63, 3.8) is 0 Å². The lowest BCUT2D eigenvalue weighted by Crippen LogP contribution is -1.65. The zero-order chi connectivity index (χ0) is 7.98. The van der Waals surface area contributed by atoms with Gasteiger partial charge in [0.05, 0.1) is 5.03 Å².